The first kappa shape index (κ1) is 14.8. The summed E-state index contributed by atoms with van der Waals surface area (Å²) in [6.45, 7) is 1.87. The van der Waals surface area contributed by atoms with Crippen LogP contribution >= 0.6 is 0 Å². The summed E-state index contributed by atoms with van der Waals surface area (Å²) >= 11 is 0. The number of hydrogen-bond donors (Lipinski definition) is 1. The number of methoxy groups -OCH3 is 1. The summed E-state index contributed by atoms with van der Waals surface area (Å²) in [7, 11) is 5.14. The number of nitrogens with one attached hydrogen (secondary N) is 1. The maximum absolute atomic E-state index is 12.6. The van der Waals surface area contributed by atoms with Crippen molar-refractivity contribution >= 4 is 17.4 Å². The van der Waals surface area contributed by atoms with Gasteiger partial charge in [0.15, 0.2) is 0 Å². The number of carbonyl (C=O) groups is 1. The van der Waals surface area contributed by atoms with Gasteiger partial charge in [-0.2, -0.15) is 0 Å². The van der Waals surface area contributed by atoms with E-state index in [-0.39, 0.29) is 5.91 Å². The lowest BCUT2D eigenvalue weighted by atomic mass is 10.2. The number of hydrogen-bond acceptors (Lipinski definition) is 4. The molecule has 0 aliphatic heterocycles. The first-order valence-corrected chi connectivity index (χ1v) is 6.63. The highest BCUT2D eigenvalue weighted by molar-refractivity contribution is 6.06. The average Bonchev–Trinajstić information content (AvgIpc) is 2.52. The lowest BCUT2D eigenvalue weighted by Gasteiger charge is -2.18. The van der Waals surface area contributed by atoms with Crippen LogP contribution in [0.5, 0.6) is 5.75 Å². The molecule has 0 aliphatic carbocycles. The molecule has 2 rings (SSSR count). The number of ether oxygens (including phenoxy) is 1. The minimum Gasteiger partial charge on any atom is -0.497 e. The summed E-state index contributed by atoms with van der Waals surface area (Å²) in [5.41, 5.74) is 2.21. The summed E-state index contributed by atoms with van der Waals surface area (Å²) in [6, 6.07) is 10.9. The van der Waals surface area contributed by atoms with Crippen LogP contribution in [0.1, 0.15) is 16.1 Å². The van der Waals surface area contributed by atoms with E-state index in [0.29, 0.717) is 11.4 Å². The number of rotatable bonds is 4. The van der Waals surface area contributed by atoms with Gasteiger partial charge in [0.2, 0.25) is 0 Å². The van der Waals surface area contributed by atoms with Crippen LogP contribution in [0.15, 0.2) is 36.4 Å². The van der Waals surface area contributed by atoms with Crippen LogP contribution in [0.2, 0.25) is 0 Å². The van der Waals surface area contributed by atoms with Crippen LogP contribution in [0.4, 0.5) is 11.5 Å². The van der Waals surface area contributed by atoms with E-state index in [4.69, 9.17) is 4.74 Å². The third kappa shape index (κ3) is 3.31. The summed E-state index contributed by atoms with van der Waals surface area (Å²) < 4.78 is 5.12. The van der Waals surface area contributed by atoms with Gasteiger partial charge in [-0.15, -0.1) is 0 Å². The van der Waals surface area contributed by atoms with E-state index in [1.807, 2.05) is 31.2 Å². The predicted octanol–water partition coefficient (Wildman–Crippen LogP) is 2.72. The number of amides is 1. The highest BCUT2D eigenvalue weighted by Gasteiger charge is 2.15. The second-order valence-electron chi connectivity index (χ2n) is 4.69. The molecule has 0 aliphatic rings. The molecule has 0 unspecified atom stereocenters. The molecule has 0 radical (unpaired) electrons. The van der Waals surface area contributed by atoms with Crippen molar-refractivity contribution in [2.24, 2.45) is 0 Å². The Kier molecular flexibility index (Phi) is 4.42. The van der Waals surface area contributed by atoms with Gasteiger partial charge < -0.3 is 15.0 Å². The van der Waals surface area contributed by atoms with Gasteiger partial charge in [-0.25, -0.2) is 4.98 Å². The van der Waals surface area contributed by atoms with Crippen molar-refractivity contribution in [3.8, 4) is 5.75 Å². The maximum Gasteiger partial charge on any atom is 0.258 e. The van der Waals surface area contributed by atoms with Gasteiger partial charge in [-0.05, 0) is 43.3 Å². The third-order valence-electron chi connectivity index (χ3n) is 3.22. The van der Waals surface area contributed by atoms with Crippen LogP contribution in [0, 0.1) is 6.92 Å². The third-order valence-corrected chi connectivity index (χ3v) is 3.22. The van der Waals surface area contributed by atoms with E-state index >= 15 is 0 Å². The fraction of sp³-hybridized carbons (Fsp3) is 0.250. The zero-order chi connectivity index (χ0) is 15.4. The SMILES string of the molecule is CNc1cc(C(=O)N(C)c2ccc(OC)cc2)cc(C)n1. The standard InChI is InChI=1S/C16H19N3O2/c1-11-9-12(10-15(17-2)18-11)16(20)19(3)13-5-7-14(21-4)8-6-13/h5-10H,1-4H3,(H,17,18). The molecule has 21 heavy (non-hydrogen) atoms. The van der Waals surface area contributed by atoms with Crippen LogP contribution in [-0.4, -0.2) is 32.1 Å². The van der Waals surface area contributed by atoms with Gasteiger partial charge in [0.25, 0.3) is 5.91 Å². The fourth-order valence-corrected chi connectivity index (χ4v) is 2.04. The largest absolute Gasteiger partial charge is 0.497 e. The number of carbonyl (C=O) groups excluding carboxylic acids is 1. The van der Waals surface area contributed by atoms with Gasteiger partial charge in [0.05, 0.1) is 7.11 Å². The monoisotopic (exact) mass is 285 g/mol. The van der Waals surface area contributed by atoms with E-state index in [9.17, 15) is 4.79 Å². The van der Waals surface area contributed by atoms with E-state index in [1.165, 1.54) is 0 Å². The van der Waals surface area contributed by atoms with Crippen molar-refractivity contribution in [1.82, 2.24) is 4.98 Å². The van der Waals surface area contributed by atoms with E-state index in [0.717, 1.165) is 17.1 Å². The molecule has 110 valence electrons. The number of benzene rings is 1. The number of anilines is 2. The summed E-state index contributed by atoms with van der Waals surface area (Å²) in [4.78, 5) is 18.5. The number of nitrogens with zero attached hydrogens (tertiary/aromatic N) is 2. The smallest absolute Gasteiger partial charge is 0.258 e. The minimum absolute atomic E-state index is 0.0813. The molecule has 0 saturated heterocycles. The van der Waals surface area contributed by atoms with Gasteiger partial charge in [-0.1, -0.05) is 0 Å². The van der Waals surface area contributed by atoms with Crippen LogP contribution in [-0.2, 0) is 0 Å². The van der Waals surface area contributed by atoms with Gasteiger partial charge in [-0.3, -0.25) is 4.79 Å². The van der Waals surface area contributed by atoms with Crippen molar-refractivity contribution in [3.05, 3.63) is 47.7 Å². The highest BCUT2D eigenvalue weighted by atomic mass is 16.5. The molecule has 2 aromatic rings. The molecular formula is C16H19N3O2. The molecule has 0 saturated carbocycles. The summed E-state index contributed by atoms with van der Waals surface area (Å²) in [5.74, 6) is 1.36. The first-order chi connectivity index (χ1) is 10.0. The van der Waals surface area contributed by atoms with Crippen LogP contribution < -0.4 is 15.0 Å². The molecule has 0 fully saturated rings. The van der Waals surface area contributed by atoms with Crippen molar-refractivity contribution in [3.63, 3.8) is 0 Å². The Balaban J connectivity index is 2.27. The molecule has 1 amide bonds. The lowest BCUT2D eigenvalue weighted by molar-refractivity contribution is 0.0993. The Morgan fingerprint density at radius 1 is 1.24 bits per heavy atom. The van der Waals surface area contributed by atoms with Gasteiger partial charge in [0.1, 0.15) is 11.6 Å². The molecular weight excluding hydrogens is 266 g/mol. The number of pyridine rings is 1. The van der Waals surface area contributed by atoms with Gasteiger partial charge in [0, 0.05) is 31.0 Å². The minimum atomic E-state index is -0.0813. The van der Waals surface area contributed by atoms with E-state index in [1.54, 1.807) is 38.2 Å². The molecule has 1 N–H and O–H groups in total. The zero-order valence-corrected chi connectivity index (χ0v) is 12.7. The maximum atomic E-state index is 12.6. The fourth-order valence-electron chi connectivity index (χ4n) is 2.04. The van der Waals surface area contributed by atoms with Crippen LogP contribution in [0.25, 0.3) is 0 Å². The Morgan fingerprint density at radius 3 is 2.48 bits per heavy atom. The highest BCUT2D eigenvalue weighted by Crippen LogP contribution is 2.20. The first-order valence-electron chi connectivity index (χ1n) is 6.63. The second-order valence-corrected chi connectivity index (χ2v) is 4.69. The zero-order valence-electron chi connectivity index (χ0n) is 12.7. The normalized spacial score (nSPS) is 10.1. The van der Waals surface area contributed by atoms with Crippen molar-refractivity contribution < 1.29 is 9.53 Å². The van der Waals surface area contributed by atoms with Crippen molar-refractivity contribution in [1.29, 1.82) is 0 Å². The molecule has 0 spiro atoms. The number of aromatic nitrogens is 1. The Bertz CT molecular complexity index is 638. The topological polar surface area (TPSA) is 54.5 Å². The second kappa shape index (κ2) is 6.26. The Hall–Kier alpha value is -2.56. The van der Waals surface area contributed by atoms with Crippen molar-refractivity contribution in [2.75, 3.05) is 31.4 Å². The lowest BCUT2D eigenvalue weighted by Crippen LogP contribution is -2.26. The average molecular weight is 285 g/mol. The molecule has 1 aromatic heterocycles. The molecule has 1 aromatic carbocycles. The van der Waals surface area contributed by atoms with E-state index in [2.05, 4.69) is 10.3 Å². The van der Waals surface area contributed by atoms with Crippen molar-refractivity contribution in [2.45, 2.75) is 6.92 Å². The molecule has 5 heteroatoms. The molecule has 5 nitrogen and oxygen atoms in total. The Morgan fingerprint density at radius 2 is 1.90 bits per heavy atom. The van der Waals surface area contributed by atoms with E-state index < -0.39 is 0 Å². The van der Waals surface area contributed by atoms with Gasteiger partial charge >= 0.3 is 0 Å². The quantitative estimate of drug-likeness (QED) is 0.938. The molecule has 0 bridgehead atoms. The summed E-state index contributed by atoms with van der Waals surface area (Å²) in [6.07, 6.45) is 0. The number of aryl methyl sites for hydroxylation is 1. The Labute approximate surface area is 124 Å². The van der Waals surface area contributed by atoms with Crippen LogP contribution in [0.3, 0.4) is 0 Å². The predicted molar refractivity (Wildman–Crippen MR) is 84.2 cm³/mol. The molecule has 1 heterocycles. The summed E-state index contributed by atoms with van der Waals surface area (Å²) in [5, 5.41) is 2.96. The molecule has 0 atom stereocenters.